The van der Waals surface area contributed by atoms with Crippen molar-refractivity contribution in [2.45, 2.75) is 0 Å². The quantitative estimate of drug-likeness (QED) is 0.170. The van der Waals surface area contributed by atoms with Gasteiger partial charge in [-0.2, -0.15) is 0 Å². The molecule has 11 aromatic rings. The molecule has 9 aromatic carbocycles. The van der Waals surface area contributed by atoms with Crippen molar-refractivity contribution in [2.75, 3.05) is 0 Å². The van der Waals surface area contributed by atoms with E-state index in [1.54, 1.807) is 0 Å². The molecule has 2 aromatic heterocycles. The van der Waals surface area contributed by atoms with E-state index in [1.165, 1.54) is 10.8 Å². The first-order valence-electron chi connectivity index (χ1n) is 18.8. The molecule has 0 spiro atoms. The number of pyridine rings is 2. The SMILES string of the molecule is O=c1c2ccccc2c2cc(-c3ccc4c(ccc5cc(-c6ccc7c(c6)c6ccccc6c(=O)n7-c6ccccc6)ccc54)c3)ccc2n1-c1ccccc1. The van der Waals surface area contributed by atoms with Gasteiger partial charge in [0.15, 0.2) is 0 Å². The lowest BCUT2D eigenvalue weighted by molar-refractivity contribution is 1.06. The summed E-state index contributed by atoms with van der Waals surface area (Å²) in [6.07, 6.45) is 0. The Morgan fingerprint density at radius 2 is 0.625 bits per heavy atom. The maximum absolute atomic E-state index is 13.8. The number of rotatable bonds is 4. The lowest BCUT2D eigenvalue weighted by Gasteiger charge is -2.15. The van der Waals surface area contributed by atoms with Gasteiger partial charge in [-0.05, 0) is 127 Å². The highest BCUT2D eigenvalue weighted by atomic mass is 16.1. The third-order valence-electron chi connectivity index (χ3n) is 11.3. The molecule has 0 aliphatic rings. The van der Waals surface area contributed by atoms with Crippen LogP contribution in [0.1, 0.15) is 0 Å². The van der Waals surface area contributed by atoms with Gasteiger partial charge in [-0.1, -0.05) is 121 Å². The second-order valence-electron chi connectivity index (χ2n) is 14.4. The van der Waals surface area contributed by atoms with Crippen LogP contribution in [0.15, 0.2) is 204 Å². The summed E-state index contributed by atoms with van der Waals surface area (Å²) < 4.78 is 3.65. The smallest absolute Gasteiger partial charge is 0.263 e. The number of hydrogen-bond donors (Lipinski definition) is 0. The first-order valence-corrected chi connectivity index (χ1v) is 18.8. The van der Waals surface area contributed by atoms with E-state index in [2.05, 4.69) is 84.9 Å². The monoisotopic (exact) mass is 716 g/mol. The van der Waals surface area contributed by atoms with Crippen LogP contribution in [0.4, 0.5) is 0 Å². The van der Waals surface area contributed by atoms with Gasteiger partial charge in [0.1, 0.15) is 0 Å². The summed E-state index contributed by atoms with van der Waals surface area (Å²) >= 11 is 0. The zero-order chi connectivity index (χ0) is 37.3. The summed E-state index contributed by atoms with van der Waals surface area (Å²) in [5.74, 6) is 0. The lowest BCUT2D eigenvalue weighted by Crippen LogP contribution is -2.19. The predicted molar refractivity (Wildman–Crippen MR) is 234 cm³/mol. The predicted octanol–water partition coefficient (Wildman–Crippen LogP) is 12.2. The largest absolute Gasteiger partial charge is 0.276 e. The molecule has 4 heteroatoms. The van der Waals surface area contributed by atoms with Crippen molar-refractivity contribution in [1.29, 1.82) is 0 Å². The Bertz CT molecular complexity index is 3280. The standard InChI is InChI=1S/C52H32N2O2/c55-51-45-17-9-7-15-43(45)47-31-35(23-27-49(47)53(51)39-11-3-1-4-12-39)33-21-25-41-37(29-33)19-20-38-30-34(22-26-42(38)41)36-24-28-50-48(32-36)44-16-8-10-18-46(44)52(56)54(50)40-13-5-2-6-14-40/h1-32H. The second kappa shape index (κ2) is 12.5. The summed E-state index contributed by atoms with van der Waals surface area (Å²) in [5, 5.41) is 10.1. The Kier molecular flexibility index (Phi) is 7.13. The van der Waals surface area contributed by atoms with Crippen molar-refractivity contribution in [3.05, 3.63) is 215 Å². The Balaban J connectivity index is 1.01. The molecule has 0 radical (unpaired) electrons. The Morgan fingerprint density at radius 1 is 0.268 bits per heavy atom. The summed E-state index contributed by atoms with van der Waals surface area (Å²) in [6.45, 7) is 0. The van der Waals surface area contributed by atoms with Crippen molar-refractivity contribution >= 4 is 64.9 Å². The van der Waals surface area contributed by atoms with Gasteiger partial charge in [-0.25, -0.2) is 0 Å². The molecule has 0 aliphatic heterocycles. The number of hydrogen-bond acceptors (Lipinski definition) is 2. The lowest BCUT2D eigenvalue weighted by atomic mass is 9.94. The van der Waals surface area contributed by atoms with E-state index >= 15 is 0 Å². The van der Waals surface area contributed by atoms with Crippen LogP contribution in [0.3, 0.4) is 0 Å². The fraction of sp³-hybridized carbons (Fsp3) is 0. The maximum atomic E-state index is 13.8. The van der Waals surface area contributed by atoms with E-state index in [1.807, 2.05) is 118 Å². The molecule has 0 bridgehead atoms. The number of benzene rings is 9. The maximum Gasteiger partial charge on any atom is 0.263 e. The fourth-order valence-electron chi connectivity index (χ4n) is 8.62. The zero-order valence-corrected chi connectivity index (χ0v) is 30.2. The molecule has 11 rings (SSSR count). The molecule has 0 unspecified atom stereocenters. The van der Waals surface area contributed by atoms with Crippen LogP contribution >= 0.6 is 0 Å². The van der Waals surface area contributed by atoms with Crippen molar-refractivity contribution in [1.82, 2.24) is 9.13 Å². The van der Waals surface area contributed by atoms with Gasteiger partial charge in [0.2, 0.25) is 0 Å². The van der Waals surface area contributed by atoms with E-state index in [4.69, 9.17) is 0 Å². The fourth-order valence-corrected chi connectivity index (χ4v) is 8.62. The highest BCUT2D eigenvalue weighted by Gasteiger charge is 2.16. The highest BCUT2D eigenvalue weighted by molar-refractivity contribution is 6.12. The van der Waals surface area contributed by atoms with E-state index < -0.39 is 0 Å². The molecule has 0 atom stereocenters. The molecule has 0 fully saturated rings. The summed E-state index contributed by atoms with van der Waals surface area (Å²) in [5.41, 5.74) is 7.87. The van der Waals surface area contributed by atoms with Crippen molar-refractivity contribution in [3.63, 3.8) is 0 Å². The van der Waals surface area contributed by atoms with Crippen molar-refractivity contribution in [2.24, 2.45) is 0 Å². The topological polar surface area (TPSA) is 44.0 Å². The van der Waals surface area contributed by atoms with Crippen molar-refractivity contribution in [3.8, 4) is 33.6 Å². The molecule has 56 heavy (non-hydrogen) atoms. The third kappa shape index (κ3) is 4.93. The minimum atomic E-state index is -0.0176. The van der Waals surface area contributed by atoms with Gasteiger partial charge in [0.05, 0.1) is 11.0 Å². The first kappa shape index (κ1) is 31.9. The third-order valence-corrected chi connectivity index (χ3v) is 11.3. The average Bonchev–Trinajstić information content (AvgIpc) is 3.27. The van der Waals surface area contributed by atoms with Crippen molar-refractivity contribution < 1.29 is 0 Å². The normalized spacial score (nSPS) is 11.7. The number of aromatic nitrogens is 2. The van der Waals surface area contributed by atoms with Crippen LogP contribution in [0.5, 0.6) is 0 Å². The van der Waals surface area contributed by atoms with E-state index in [0.29, 0.717) is 10.8 Å². The molecule has 2 heterocycles. The van der Waals surface area contributed by atoms with Gasteiger partial charge in [0.25, 0.3) is 11.1 Å². The molecule has 0 amide bonds. The average molecular weight is 717 g/mol. The van der Waals surface area contributed by atoms with Crippen LogP contribution in [-0.4, -0.2) is 9.13 Å². The van der Waals surface area contributed by atoms with Crippen LogP contribution in [0.25, 0.3) is 98.5 Å². The minimum absolute atomic E-state index is 0.0176. The number of para-hydroxylation sites is 2. The summed E-state index contributed by atoms with van der Waals surface area (Å²) in [7, 11) is 0. The summed E-state index contributed by atoms with van der Waals surface area (Å²) in [4.78, 5) is 27.6. The number of nitrogens with zero attached hydrogens (tertiary/aromatic N) is 2. The number of fused-ring (bicyclic) bond motifs is 9. The van der Waals surface area contributed by atoms with Gasteiger partial charge < -0.3 is 0 Å². The highest BCUT2D eigenvalue weighted by Crippen LogP contribution is 2.36. The van der Waals surface area contributed by atoms with Gasteiger partial charge in [-0.15, -0.1) is 0 Å². The van der Waals surface area contributed by atoms with E-state index in [0.717, 1.165) is 77.0 Å². The molecule has 0 N–H and O–H groups in total. The van der Waals surface area contributed by atoms with Gasteiger partial charge in [0, 0.05) is 32.9 Å². The van der Waals surface area contributed by atoms with E-state index in [-0.39, 0.29) is 11.1 Å². The van der Waals surface area contributed by atoms with Crippen LogP contribution < -0.4 is 11.1 Å². The molecule has 4 nitrogen and oxygen atoms in total. The Morgan fingerprint density at radius 3 is 1.05 bits per heavy atom. The molecular formula is C52H32N2O2. The molecule has 0 saturated carbocycles. The van der Waals surface area contributed by atoms with Gasteiger partial charge in [-0.3, -0.25) is 18.7 Å². The van der Waals surface area contributed by atoms with Crippen LogP contribution in [-0.2, 0) is 0 Å². The first-order chi connectivity index (χ1) is 27.6. The Labute approximate surface area is 321 Å². The molecule has 0 saturated heterocycles. The van der Waals surface area contributed by atoms with E-state index in [9.17, 15) is 9.59 Å². The van der Waals surface area contributed by atoms with Crippen LogP contribution in [0, 0.1) is 0 Å². The van der Waals surface area contributed by atoms with Gasteiger partial charge >= 0.3 is 0 Å². The molecular weight excluding hydrogens is 685 g/mol. The molecule has 0 aliphatic carbocycles. The minimum Gasteiger partial charge on any atom is -0.276 e. The second-order valence-corrected chi connectivity index (χ2v) is 14.4. The Hall–Kier alpha value is -7.56. The molecule has 262 valence electrons. The summed E-state index contributed by atoms with van der Waals surface area (Å²) in [6, 6.07) is 66.1. The van der Waals surface area contributed by atoms with Crippen LogP contribution in [0.2, 0.25) is 0 Å². The zero-order valence-electron chi connectivity index (χ0n) is 30.2.